The highest BCUT2D eigenvalue weighted by atomic mass is 15.2. The van der Waals surface area contributed by atoms with Gasteiger partial charge in [0.15, 0.2) is 0 Å². The maximum atomic E-state index is 4.93. The van der Waals surface area contributed by atoms with Crippen LogP contribution in [0.15, 0.2) is 54.6 Å². The van der Waals surface area contributed by atoms with Gasteiger partial charge in [0.05, 0.1) is 17.1 Å². The number of rotatable bonds is 12. The highest BCUT2D eigenvalue weighted by Gasteiger charge is 2.15. The summed E-state index contributed by atoms with van der Waals surface area (Å²) in [5, 5.41) is 10.5. The number of pyridine rings is 3. The summed E-state index contributed by atoms with van der Waals surface area (Å²) < 4.78 is 0. The van der Waals surface area contributed by atoms with E-state index in [1.165, 1.54) is 0 Å². The standard InChI is InChI=1S/C33H51N7/c1-31(2,3)22-34-28-16-10-13-25(37-28)19-40(20-26-14-11-17-29(38-26)35-23-32(4,5)6)21-27-15-12-18-30(39-27)36-24-33(7,8)9/h10-18H,19-24H2,1-9H3,(H,34,37)(H,35,38)(H,36,39). The zero-order valence-electron chi connectivity index (χ0n) is 26.2. The van der Waals surface area contributed by atoms with Crippen molar-refractivity contribution < 1.29 is 0 Å². The zero-order chi connectivity index (χ0) is 29.4. The van der Waals surface area contributed by atoms with Crippen LogP contribution in [-0.4, -0.2) is 39.5 Å². The van der Waals surface area contributed by atoms with Crippen molar-refractivity contribution >= 4 is 17.5 Å². The fraction of sp³-hybridized carbons (Fsp3) is 0.545. The summed E-state index contributed by atoms with van der Waals surface area (Å²) in [5.74, 6) is 2.72. The molecule has 0 aliphatic rings. The number of hydrogen-bond acceptors (Lipinski definition) is 7. The van der Waals surface area contributed by atoms with Crippen LogP contribution < -0.4 is 16.0 Å². The van der Waals surface area contributed by atoms with Crippen molar-refractivity contribution in [1.29, 1.82) is 0 Å². The quantitative estimate of drug-likeness (QED) is 0.218. The molecule has 3 aromatic heterocycles. The minimum absolute atomic E-state index is 0.180. The summed E-state index contributed by atoms with van der Waals surface area (Å²) in [4.78, 5) is 17.1. The largest absolute Gasteiger partial charge is 0.370 e. The van der Waals surface area contributed by atoms with Gasteiger partial charge in [-0.1, -0.05) is 80.5 Å². The van der Waals surface area contributed by atoms with Gasteiger partial charge < -0.3 is 16.0 Å². The molecule has 0 saturated heterocycles. The van der Waals surface area contributed by atoms with Crippen molar-refractivity contribution in [3.8, 4) is 0 Å². The molecule has 7 nitrogen and oxygen atoms in total. The molecule has 0 bridgehead atoms. The van der Waals surface area contributed by atoms with Crippen molar-refractivity contribution in [3.63, 3.8) is 0 Å². The van der Waals surface area contributed by atoms with Crippen molar-refractivity contribution in [2.75, 3.05) is 35.6 Å². The summed E-state index contributed by atoms with van der Waals surface area (Å²) >= 11 is 0. The second-order valence-corrected chi connectivity index (χ2v) is 14.4. The third kappa shape index (κ3) is 12.3. The molecule has 0 atom stereocenters. The second kappa shape index (κ2) is 13.4. The normalized spacial score (nSPS) is 12.4. The molecule has 3 heterocycles. The Labute approximate surface area is 242 Å². The van der Waals surface area contributed by atoms with Gasteiger partial charge >= 0.3 is 0 Å². The van der Waals surface area contributed by atoms with Crippen LogP contribution in [0.2, 0.25) is 0 Å². The molecule has 0 aliphatic heterocycles. The number of nitrogens with zero attached hydrogens (tertiary/aromatic N) is 4. The summed E-state index contributed by atoms with van der Waals surface area (Å²) in [6.07, 6.45) is 0. The van der Waals surface area contributed by atoms with E-state index in [1.54, 1.807) is 0 Å². The lowest BCUT2D eigenvalue weighted by atomic mass is 9.97. The van der Waals surface area contributed by atoms with E-state index in [-0.39, 0.29) is 16.2 Å². The summed E-state index contributed by atoms with van der Waals surface area (Å²) in [6, 6.07) is 18.6. The minimum atomic E-state index is 0.180. The topological polar surface area (TPSA) is 78.0 Å². The number of nitrogens with one attached hydrogen (secondary N) is 3. The maximum absolute atomic E-state index is 4.93. The Balaban J connectivity index is 1.80. The Morgan fingerprint density at radius 2 is 0.750 bits per heavy atom. The molecular formula is C33H51N7. The van der Waals surface area contributed by atoms with Crippen molar-refractivity contribution in [2.45, 2.75) is 81.9 Å². The third-order valence-electron chi connectivity index (χ3n) is 5.98. The Bertz CT molecular complexity index is 1050. The van der Waals surface area contributed by atoms with Crippen molar-refractivity contribution in [3.05, 3.63) is 71.7 Å². The molecular weight excluding hydrogens is 494 g/mol. The lowest BCUT2D eigenvalue weighted by molar-refractivity contribution is 0.239. The van der Waals surface area contributed by atoms with E-state index in [0.29, 0.717) is 19.6 Å². The minimum Gasteiger partial charge on any atom is -0.370 e. The SMILES string of the molecule is CC(C)(C)CNc1cccc(CN(Cc2cccc(NCC(C)(C)C)n2)Cc2cccc(NCC(C)(C)C)n2)n1. The van der Waals surface area contributed by atoms with Crippen LogP contribution in [0.4, 0.5) is 17.5 Å². The van der Waals surface area contributed by atoms with Crippen LogP contribution in [0.25, 0.3) is 0 Å². The molecule has 7 heteroatoms. The van der Waals surface area contributed by atoms with Crippen LogP contribution in [0, 0.1) is 16.2 Å². The van der Waals surface area contributed by atoms with E-state index in [4.69, 9.17) is 15.0 Å². The van der Waals surface area contributed by atoms with Crippen LogP contribution >= 0.6 is 0 Å². The molecule has 0 aliphatic carbocycles. The monoisotopic (exact) mass is 545 g/mol. The first-order valence-corrected chi connectivity index (χ1v) is 14.5. The molecule has 3 rings (SSSR count). The van der Waals surface area contributed by atoms with E-state index >= 15 is 0 Å². The van der Waals surface area contributed by atoms with Crippen LogP contribution in [-0.2, 0) is 19.6 Å². The first-order chi connectivity index (χ1) is 18.6. The number of hydrogen-bond donors (Lipinski definition) is 3. The molecule has 0 radical (unpaired) electrons. The van der Waals surface area contributed by atoms with Gasteiger partial charge in [0, 0.05) is 39.3 Å². The van der Waals surface area contributed by atoms with Gasteiger partial charge in [-0.2, -0.15) is 0 Å². The summed E-state index contributed by atoms with van der Waals surface area (Å²) in [7, 11) is 0. The predicted molar refractivity (Wildman–Crippen MR) is 169 cm³/mol. The van der Waals surface area contributed by atoms with Crippen LogP contribution in [0.5, 0.6) is 0 Å². The summed E-state index contributed by atoms with van der Waals surface area (Å²) in [5.41, 5.74) is 3.59. The third-order valence-corrected chi connectivity index (χ3v) is 5.98. The average molecular weight is 546 g/mol. The Kier molecular flexibility index (Phi) is 10.5. The molecule has 40 heavy (non-hydrogen) atoms. The maximum Gasteiger partial charge on any atom is 0.126 e. The van der Waals surface area contributed by atoms with Crippen LogP contribution in [0.1, 0.15) is 79.4 Å². The first kappa shape index (κ1) is 31.3. The van der Waals surface area contributed by atoms with Gasteiger partial charge in [-0.3, -0.25) is 4.90 Å². The Hall–Kier alpha value is -3.19. The Morgan fingerprint density at radius 1 is 0.475 bits per heavy atom. The highest BCUT2D eigenvalue weighted by Crippen LogP contribution is 2.19. The van der Waals surface area contributed by atoms with Gasteiger partial charge in [-0.05, 0) is 52.6 Å². The van der Waals surface area contributed by atoms with Crippen molar-refractivity contribution in [2.24, 2.45) is 16.2 Å². The molecule has 3 N–H and O–H groups in total. The number of anilines is 3. The highest BCUT2D eigenvalue weighted by molar-refractivity contribution is 5.37. The predicted octanol–water partition coefficient (Wildman–Crippen LogP) is 7.45. The molecule has 0 amide bonds. The van der Waals surface area contributed by atoms with Gasteiger partial charge in [-0.25, -0.2) is 15.0 Å². The average Bonchev–Trinajstić information content (AvgIpc) is 2.85. The number of aromatic nitrogens is 3. The molecule has 0 spiro atoms. The summed E-state index contributed by atoms with van der Waals surface area (Å²) in [6.45, 7) is 24.7. The fourth-order valence-corrected chi connectivity index (χ4v) is 3.92. The fourth-order valence-electron chi connectivity index (χ4n) is 3.92. The zero-order valence-corrected chi connectivity index (χ0v) is 26.2. The van der Waals surface area contributed by atoms with Gasteiger partial charge in [0.1, 0.15) is 17.5 Å². The van der Waals surface area contributed by atoms with Gasteiger partial charge in [0.2, 0.25) is 0 Å². The van der Waals surface area contributed by atoms with Gasteiger partial charge in [-0.15, -0.1) is 0 Å². The Morgan fingerprint density at radius 3 is 1.00 bits per heavy atom. The first-order valence-electron chi connectivity index (χ1n) is 14.5. The van der Waals surface area contributed by atoms with E-state index in [2.05, 4.69) is 120 Å². The van der Waals surface area contributed by atoms with E-state index in [0.717, 1.165) is 54.2 Å². The smallest absolute Gasteiger partial charge is 0.126 e. The molecule has 0 fully saturated rings. The lowest BCUT2D eigenvalue weighted by Crippen LogP contribution is -2.25. The molecule has 0 unspecified atom stereocenters. The molecule has 0 aromatic carbocycles. The van der Waals surface area contributed by atoms with E-state index in [9.17, 15) is 0 Å². The van der Waals surface area contributed by atoms with E-state index in [1.807, 2.05) is 18.2 Å². The molecule has 218 valence electrons. The second-order valence-electron chi connectivity index (χ2n) is 14.4. The van der Waals surface area contributed by atoms with Crippen LogP contribution in [0.3, 0.4) is 0 Å². The molecule has 3 aromatic rings. The van der Waals surface area contributed by atoms with Gasteiger partial charge in [0.25, 0.3) is 0 Å². The molecule has 0 saturated carbocycles. The van der Waals surface area contributed by atoms with Crippen molar-refractivity contribution in [1.82, 2.24) is 19.9 Å². The lowest BCUT2D eigenvalue weighted by Gasteiger charge is -2.24. The van der Waals surface area contributed by atoms with E-state index < -0.39 is 0 Å².